The number of aryl methyl sites for hydroxylation is 2. The third-order valence-electron chi connectivity index (χ3n) is 2.79. The molecule has 0 atom stereocenters. The van der Waals surface area contributed by atoms with Crippen LogP contribution in [-0.2, 0) is 18.3 Å². The fourth-order valence-corrected chi connectivity index (χ4v) is 2.08. The number of nitrogens with zero attached hydrogens (tertiary/aromatic N) is 2. The molecule has 0 unspecified atom stereocenters. The number of halogens is 1. The van der Waals surface area contributed by atoms with E-state index in [4.69, 9.17) is 11.6 Å². The molecule has 0 bridgehead atoms. The first-order valence-electron chi connectivity index (χ1n) is 6.40. The van der Waals surface area contributed by atoms with E-state index in [1.807, 2.05) is 20.2 Å². The van der Waals surface area contributed by atoms with Crippen molar-refractivity contribution in [3.05, 3.63) is 41.2 Å². The van der Waals surface area contributed by atoms with Crippen molar-refractivity contribution >= 4 is 28.9 Å². The summed E-state index contributed by atoms with van der Waals surface area (Å²) in [5.74, 6) is -0.127. The van der Waals surface area contributed by atoms with Gasteiger partial charge >= 0.3 is 0 Å². The largest absolute Gasteiger partial charge is 0.373 e. The molecule has 0 fully saturated rings. The summed E-state index contributed by atoms with van der Waals surface area (Å²) >= 11 is 5.87. The lowest BCUT2D eigenvalue weighted by atomic mass is 10.3. The molecule has 5 nitrogen and oxygen atoms in total. The van der Waals surface area contributed by atoms with Gasteiger partial charge in [0.1, 0.15) is 0 Å². The zero-order chi connectivity index (χ0) is 14.5. The molecule has 0 aliphatic carbocycles. The number of aromatic nitrogens is 2. The number of rotatable bonds is 5. The summed E-state index contributed by atoms with van der Waals surface area (Å²) in [5, 5.41) is 10.8. The minimum absolute atomic E-state index is 0.127. The summed E-state index contributed by atoms with van der Waals surface area (Å²) in [4.78, 5) is 11.9. The number of anilines is 2. The van der Waals surface area contributed by atoms with Crippen LogP contribution in [0.5, 0.6) is 0 Å². The minimum Gasteiger partial charge on any atom is -0.373 e. The maximum absolute atomic E-state index is 11.9. The summed E-state index contributed by atoms with van der Waals surface area (Å²) in [6, 6.07) is 7.06. The second-order valence-corrected chi connectivity index (χ2v) is 4.87. The molecule has 0 saturated carbocycles. The van der Waals surface area contributed by atoms with Crippen LogP contribution in [0.15, 0.2) is 30.5 Å². The van der Waals surface area contributed by atoms with E-state index in [2.05, 4.69) is 15.7 Å². The summed E-state index contributed by atoms with van der Waals surface area (Å²) in [7, 11) is 1.86. The van der Waals surface area contributed by atoms with Gasteiger partial charge in [-0.25, -0.2) is 0 Å². The van der Waals surface area contributed by atoms with Crippen LogP contribution in [0.25, 0.3) is 0 Å². The van der Waals surface area contributed by atoms with E-state index in [0.29, 0.717) is 10.7 Å². The van der Waals surface area contributed by atoms with Crippen LogP contribution >= 0.6 is 11.6 Å². The molecule has 2 aromatic rings. The normalized spacial score (nSPS) is 10.3. The Morgan fingerprint density at radius 1 is 1.45 bits per heavy atom. The molecule has 0 aliphatic heterocycles. The number of hydrogen-bond acceptors (Lipinski definition) is 3. The molecule has 1 aromatic heterocycles. The number of carbonyl (C=O) groups excluding carboxylic acids is 1. The molecule has 20 heavy (non-hydrogen) atoms. The van der Waals surface area contributed by atoms with E-state index in [0.717, 1.165) is 17.8 Å². The lowest BCUT2D eigenvalue weighted by Gasteiger charge is -2.07. The fourth-order valence-electron chi connectivity index (χ4n) is 1.89. The van der Waals surface area contributed by atoms with Gasteiger partial charge in [-0.2, -0.15) is 5.10 Å². The molecule has 1 heterocycles. The maximum Gasteiger partial charge on any atom is 0.243 e. The second kappa shape index (κ2) is 6.43. The van der Waals surface area contributed by atoms with Crippen molar-refractivity contribution in [2.24, 2.45) is 7.05 Å². The summed E-state index contributed by atoms with van der Waals surface area (Å²) in [6.45, 7) is 2.21. The Hall–Kier alpha value is -2.01. The van der Waals surface area contributed by atoms with Crippen LogP contribution in [0, 0.1) is 0 Å². The topological polar surface area (TPSA) is 59.0 Å². The predicted molar refractivity (Wildman–Crippen MR) is 81.2 cm³/mol. The Labute approximate surface area is 122 Å². The van der Waals surface area contributed by atoms with E-state index < -0.39 is 0 Å². The third-order valence-corrected chi connectivity index (χ3v) is 3.02. The lowest BCUT2D eigenvalue weighted by molar-refractivity contribution is -0.114. The van der Waals surface area contributed by atoms with Gasteiger partial charge in [0, 0.05) is 24.0 Å². The monoisotopic (exact) mass is 292 g/mol. The lowest BCUT2D eigenvalue weighted by Crippen LogP contribution is -2.21. The van der Waals surface area contributed by atoms with E-state index in [1.165, 1.54) is 0 Å². The average molecular weight is 293 g/mol. The molecule has 0 radical (unpaired) electrons. The number of amides is 1. The van der Waals surface area contributed by atoms with E-state index >= 15 is 0 Å². The first-order valence-corrected chi connectivity index (χ1v) is 6.78. The molecule has 106 valence electrons. The quantitative estimate of drug-likeness (QED) is 0.891. The number of benzene rings is 1. The van der Waals surface area contributed by atoms with Crippen molar-refractivity contribution in [2.45, 2.75) is 13.3 Å². The Kier molecular flexibility index (Phi) is 4.63. The first-order chi connectivity index (χ1) is 9.58. The Morgan fingerprint density at radius 3 is 2.95 bits per heavy atom. The van der Waals surface area contributed by atoms with Crippen LogP contribution in [-0.4, -0.2) is 22.2 Å². The number of carbonyl (C=O) groups is 1. The predicted octanol–water partition coefficient (Wildman–Crippen LogP) is 2.69. The molecule has 0 saturated heterocycles. The van der Waals surface area contributed by atoms with E-state index in [-0.39, 0.29) is 12.5 Å². The van der Waals surface area contributed by atoms with Crippen molar-refractivity contribution in [3.63, 3.8) is 0 Å². The Balaban J connectivity index is 1.92. The smallest absolute Gasteiger partial charge is 0.243 e. The van der Waals surface area contributed by atoms with Crippen LogP contribution in [0.4, 0.5) is 11.4 Å². The highest BCUT2D eigenvalue weighted by Gasteiger charge is 2.08. The molecular weight excluding hydrogens is 276 g/mol. The zero-order valence-corrected chi connectivity index (χ0v) is 12.2. The van der Waals surface area contributed by atoms with Gasteiger partial charge in [-0.15, -0.1) is 0 Å². The van der Waals surface area contributed by atoms with Gasteiger partial charge < -0.3 is 10.6 Å². The molecule has 2 rings (SSSR count). The summed E-state index contributed by atoms with van der Waals surface area (Å²) in [5.41, 5.74) is 2.52. The van der Waals surface area contributed by atoms with Crippen molar-refractivity contribution < 1.29 is 4.79 Å². The van der Waals surface area contributed by atoms with Crippen LogP contribution in [0.1, 0.15) is 12.6 Å². The number of nitrogens with one attached hydrogen (secondary N) is 2. The molecule has 1 amide bonds. The van der Waals surface area contributed by atoms with Gasteiger partial charge in [-0.3, -0.25) is 9.48 Å². The maximum atomic E-state index is 11.9. The Morgan fingerprint density at radius 2 is 2.25 bits per heavy atom. The van der Waals surface area contributed by atoms with Gasteiger partial charge in [0.2, 0.25) is 5.91 Å². The average Bonchev–Trinajstić information content (AvgIpc) is 2.77. The summed E-state index contributed by atoms with van der Waals surface area (Å²) < 4.78 is 1.73. The van der Waals surface area contributed by atoms with Crippen molar-refractivity contribution in [1.29, 1.82) is 0 Å². The highest BCUT2D eigenvalue weighted by molar-refractivity contribution is 6.30. The van der Waals surface area contributed by atoms with Gasteiger partial charge in [0.25, 0.3) is 0 Å². The fraction of sp³-hybridized carbons (Fsp3) is 0.286. The van der Waals surface area contributed by atoms with Crippen molar-refractivity contribution in [1.82, 2.24) is 9.78 Å². The molecule has 0 spiro atoms. The van der Waals surface area contributed by atoms with E-state index in [1.54, 1.807) is 28.9 Å². The SMILES string of the molecule is CCc1nn(C)cc1NCC(=O)Nc1cccc(Cl)c1. The molecule has 2 N–H and O–H groups in total. The molecular formula is C14H17ClN4O. The highest BCUT2D eigenvalue weighted by Crippen LogP contribution is 2.15. The molecule has 6 heteroatoms. The second-order valence-electron chi connectivity index (χ2n) is 4.43. The summed E-state index contributed by atoms with van der Waals surface area (Å²) in [6.07, 6.45) is 2.69. The zero-order valence-electron chi connectivity index (χ0n) is 11.5. The Bertz CT molecular complexity index is 609. The molecule has 1 aromatic carbocycles. The van der Waals surface area contributed by atoms with Crippen LogP contribution in [0.3, 0.4) is 0 Å². The van der Waals surface area contributed by atoms with Gasteiger partial charge in [-0.05, 0) is 24.6 Å². The highest BCUT2D eigenvalue weighted by atomic mass is 35.5. The first kappa shape index (κ1) is 14.4. The third kappa shape index (κ3) is 3.74. The van der Waals surface area contributed by atoms with Gasteiger partial charge in [0.05, 0.1) is 17.9 Å². The van der Waals surface area contributed by atoms with Gasteiger partial charge in [-0.1, -0.05) is 24.6 Å². The van der Waals surface area contributed by atoms with Gasteiger partial charge in [0.15, 0.2) is 0 Å². The van der Waals surface area contributed by atoms with Crippen molar-refractivity contribution in [3.8, 4) is 0 Å². The van der Waals surface area contributed by atoms with Crippen LogP contribution in [0.2, 0.25) is 5.02 Å². The minimum atomic E-state index is -0.127. The number of hydrogen-bond donors (Lipinski definition) is 2. The standard InChI is InChI=1S/C14H17ClN4O/c1-3-12-13(9-19(2)18-12)16-8-14(20)17-11-6-4-5-10(15)7-11/h4-7,9,16H,3,8H2,1-2H3,(H,17,20). The van der Waals surface area contributed by atoms with E-state index in [9.17, 15) is 4.79 Å². The van der Waals surface area contributed by atoms with Crippen LogP contribution < -0.4 is 10.6 Å². The van der Waals surface area contributed by atoms with Crippen molar-refractivity contribution in [2.75, 3.05) is 17.2 Å². The molecule has 0 aliphatic rings.